The highest BCUT2D eigenvalue weighted by molar-refractivity contribution is 6.31. The Bertz CT molecular complexity index is 1060. The molecule has 5 rings (SSSR count). The molecule has 2 amide bonds. The molecule has 0 aliphatic carbocycles. The number of aromatic nitrogens is 1. The first-order valence-corrected chi connectivity index (χ1v) is 11.5. The van der Waals surface area contributed by atoms with Crippen molar-refractivity contribution in [3.8, 4) is 11.5 Å². The number of ether oxygens (including phenoxy) is 2. The average molecular weight is 472 g/mol. The minimum Gasteiger partial charge on any atom is -0.482 e. The number of hydrogen-bond acceptors (Lipinski definition) is 7. The Morgan fingerprint density at radius 3 is 2.70 bits per heavy atom. The molecule has 1 saturated heterocycles. The third-order valence-electron chi connectivity index (χ3n) is 6.20. The highest BCUT2D eigenvalue weighted by Gasteiger charge is 2.27. The van der Waals surface area contributed by atoms with Gasteiger partial charge in [0.15, 0.2) is 24.8 Å². The smallest absolute Gasteiger partial charge is 0.265 e. The number of amides is 2. The van der Waals surface area contributed by atoms with Crippen LogP contribution in [-0.4, -0.2) is 67.1 Å². The van der Waals surface area contributed by atoms with Crippen molar-refractivity contribution >= 4 is 34.9 Å². The van der Waals surface area contributed by atoms with Gasteiger partial charge in [0.1, 0.15) is 5.75 Å². The van der Waals surface area contributed by atoms with Gasteiger partial charge in [-0.1, -0.05) is 11.6 Å². The highest BCUT2D eigenvalue weighted by Crippen LogP contribution is 2.34. The fourth-order valence-electron chi connectivity index (χ4n) is 4.37. The van der Waals surface area contributed by atoms with Gasteiger partial charge in [0.25, 0.3) is 11.8 Å². The maximum absolute atomic E-state index is 12.4. The molecule has 2 N–H and O–H groups in total. The van der Waals surface area contributed by atoms with Crippen LogP contribution >= 0.6 is 11.6 Å². The van der Waals surface area contributed by atoms with Crippen LogP contribution in [0.5, 0.6) is 11.5 Å². The van der Waals surface area contributed by atoms with Gasteiger partial charge in [-0.15, -0.1) is 0 Å². The lowest BCUT2D eigenvalue weighted by Gasteiger charge is -2.35. The molecule has 1 aromatic carbocycles. The first kappa shape index (κ1) is 21.9. The van der Waals surface area contributed by atoms with Crippen LogP contribution in [0, 0.1) is 0 Å². The summed E-state index contributed by atoms with van der Waals surface area (Å²) in [6.45, 7) is 4.06. The number of halogens is 1. The van der Waals surface area contributed by atoms with E-state index in [0.717, 1.165) is 43.9 Å². The maximum Gasteiger partial charge on any atom is 0.265 e. The number of anilines is 2. The second kappa shape index (κ2) is 9.54. The standard InChI is InChI=1S/C23H26ClN5O4/c24-15-1-3-19-18(11-15)29(22(31)14-33-19)10-9-28-7-5-16(6-8-28)25-12-17-2-4-20-23(26-17)27-21(30)13-32-20/h1-4,11,16,25H,5-10,12-14H2,(H,26,27,30). The van der Waals surface area contributed by atoms with E-state index >= 15 is 0 Å². The summed E-state index contributed by atoms with van der Waals surface area (Å²) in [4.78, 5) is 32.6. The number of fused-ring (bicyclic) bond motifs is 2. The molecule has 1 fully saturated rings. The molecule has 0 unspecified atom stereocenters. The summed E-state index contributed by atoms with van der Waals surface area (Å²) in [5.74, 6) is 1.57. The Kier molecular flexibility index (Phi) is 6.34. The van der Waals surface area contributed by atoms with Gasteiger partial charge in [0.2, 0.25) is 0 Å². The Morgan fingerprint density at radius 1 is 1.06 bits per heavy atom. The van der Waals surface area contributed by atoms with E-state index in [1.54, 1.807) is 17.0 Å². The molecule has 3 aliphatic heterocycles. The van der Waals surface area contributed by atoms with E-state index in [4.69, 9.17) is 21.1 Å². The van der Waals surface area contributed by atoms with Gasteiger partial charge in [-0.2, -0.15) is 0 Å². The van der Waals surface area contributed by atoms with Crippen LogP contribution in [0.25, 0.3) is 0 Å². The second-order valence-electron chi connectivity index (χ2n) is 8.43. The lowest BCUT2D eigenvalue weighted by Crippen LogP contribution is -2.47. The Labute approximate surface area is 197 Å². The molecule has 9 nitrogen and oxygen atoms in total. The summed E-state index contributed by atoms with van der Waals surface area (Å²) >= 11 is 6.13. The van der Waals surface area contributed by atoms with Crippen LogP contribution < -0.4 is 25.0 Å². The van der Waals surface area contributed by atoms with Gasteiger partial charge in [-0.05, 0) is 56.3 Å². The monoisotopic (exact) mass is 471 g/mol. The third kappa shape index (κ3) is 5.05. The molecule has 4 heterocycles. The van der Waals surface area contributed by atoms with Gasteiger partial charge in [0, 0.05) is 30.7 Å². The number of pyridine rings is 1. The molecule has 0 saturated carbocycles. The Hall–Kier alpha value is -2.88. The van der Waals surface area contributed by atoms with E-state index < -0.39 is 0 Å². The fourth-order valence-corrected chi connectivity index (χ4v) is 4.54. The van der Waals surface area contributed by atoms with Gasteiger partial charge in [-0.3, -0.25) is 9.59 Å². The first-order chi connectivity index (χ1) is 16.0. The van der Waals surface area contributed by atoms with Crippen LogP contribution in [0.3, 0.4) is 0 Å². The molecule has 0 atom stereocenters. The summed E-state index contributed by atoms with van der Waals surface area (Å²) in [6.07, 6.45) is 2.04. The van der Waals surface area contributed by atoms with E-state index in [1.807, 2.05) is 18.2 Å². The van der Waals surface area contributed by atoms with Crippen molar-refractivity contribution < 1.29 is 19.1 Å². The maximum atomic E-state index is 12.4. The average Bonchev–Trinajstić information content (AvgIpc) is 2.82. The predicted octanol–water partition coefficient (Wildman–Crippen LogP) is 2.05. The first-order valence-electron chi connectivity index (χ1n) is 11.2. The summed E-state index contributed by atoms with van der Waals surface area (Å²) < 4.78 is 10.9. The molecule has 2 aromatic rings. The molecular weight excluding hydrogens is 446 g/mol. The van der Waals surface area contributed by atoms with Gasteiger partial charge < -0.3 is 29.9 Å². The lowest BCUT2D eigenvalue weighted by atomic mass is 10.0. The van der Waals surface area contributed by atoms with Gasteiger partial charge in [-0.25, -0.2) is 4.98 Å². The van der Waals surface area contributed by atoms with Crippen LogP contribution in [-0.2, 0) is 16.1 Å². The molecule has 33 heavy (non-hydrogen) atoms. The fraction of sp³-hybridized carbons (Fsp3) is 0.435. The molecule has 174 valence electrons. The minimum absolute atomic E-state index is 0.0325. The van der Waals surface area contributed by atoms with Gasteiger partial charge in [0.05, 0.1) is 11.4 Å². The van der Waals surface area contributed by atoms with Crippen molar-refractivity contribution in [1.29, 1.82) is 0 Å². The predicted molar refractivity (Wildman–Crippen MR) is 124 cm³/mol. The van der Waals surface area contributed by atoms with E-state index in [-0.39, 0.29) is 25.0 Å². The number of rotatable bonds is 6. The van der Waals surface area contributed by atoms with E-state index in [0.29, 0.717) is 41.5 Å². The van der Waals surface area contributed by atoms with E-state index in [2.05, 4.69) is 20.5 Å². The van der Waals surface area contributed by atoms with Crippen LogP contribution in [0.4, 0.5) is 11.5 Å². The number of nitrogens with one attached hydrogen (secondary N) is 2. The Balaban J connectivity index is 1.09. The van der Waals surface area contributed by atoms with Crippen molar-refractivity contribution in [3.63, 3.8) is 0 Å². The lowest BCUT2D eigenvalue weighted by molar-refractivity contribution is -0.121. The molecule has 0 radical (unpaired) electrons. The number of carbonyl (C=O) groups excluding carboxylic acids is 2. The summed E-state index contributed by atoms with van der Waals surface area (Å²) in [6, 6.07) is 9.54. The molecular formula is C23H26ClN5O4. The van der Waals surface area contributed by atoms with Crippen molar-refractivity contribution in [2.24, 2.45) is 0 Å². The summed E-state index contributed by atoms with van der Waals surface area (Å²) in [7, 11) is 0. The molecule has 0 spiro atoms. The quantitative estimate of drug-likeness (QED) is 0.665. The molecule has 1 aromatic heterocycles. The summed E-state index contributed by atoms with van der Waals surface area (Å²) in [5.41, 5.74) is 1.61. The number of likely N-dealkylation sites (tertiary alicyclic amines) is 1. The van der Waals surface area contributed by atoms with Gasteiger partial charge >= 0.3 is 0 Å². The number of nitrogens with zero attached hydrogens (tertiary/aromatic N) is 3. The number of benzene rings is 1. The van der Waals surface area contributed by atoms with Crippen LogP contribution in [0.2, 0.25) is 5.02 Å². The zero-order chi connectivity index (χ0) is 22.8. The van der Waals surface area contributed by atoms with Crippen molar-refractivity contribution in [1.82, 2.24) is 15.2 Å². The third-order valence-corrected chi connectivity index (χ3v) is 6.43. The van der Waals surface area contributed by atoms with Crippen LogP contribution in [0.1, 0.15) is 18.5 Å². The number of piperidine rings is 1. The number of carbonyl (C=O) groups is 2. The second-order valence-corrected chi connectivity index (χ2v) is 8.87. The molecule has 10 heteroatoms. The number of hydrogen-bond donors (Lipinski definition) is 2. The van der Waals surface area contributed by atoms with E-state index in [1.165, 1.54) is 0 Å². The largest absolute Gasteiger partial charge is 0.482 e. The minimum atomic E-state index is -0.183. The zero-order valence-electron chi connectivity index (χ0n) is 18.2. The van der Waals surface area contributed by atoms with Crippen molar-refractivity contribution in [2.75, 3.05) is 49.6 Å². The molecule has 0 bridgehead atoms. The summed E-state index contributed by atoms with van der Waals surface area (Å²) in [5, 5.41) is 6.90. The van der Waals surface area contributed by atoms with Crippen molar-refractivity contribution in [2.45, 2.75) is 25.4 Å². The normalized spacial score (nSPS) is 18.8. The van der Waals surface area contributed by atoms with Crippen LogP contribution in [0.15, 0.2) is 30.3 Å². The SMILES string of the molecule is O=C1COc2ccc(CNC3CCN(CCN4C(=O)COc5ccc(Cl)cc54)CC3)nc2N1. The Morgan fingerprint density at radius 2 is 1.85 bits per heavy atom. The molecule has 3 aliphatic rings. The highest BCUT2D eigenvalue weighted by atomic mass is 35.5. The topological polar surface area (TPSA) is 96.0 Å². The van der Waals surface area contributed by atoms with E-state index in [9.17, 15) is 9.59 Å². The zero-order valence-corrected chi connectivity index (χ0v) is 18.9. The van der Waals surface area contributed by atoms with Crippen molar-refractivity contribution in [3.05, 3.63) is 41.0 Å².